The highest BCUT2D eigenvalue weighted by Crippen LogP contribution is 2.12. The Morgan fingerprint density at radius 1 is 1.24 bits per heavy atom. The van der Waals surface area contributed by atoms with Crippen LogP contribution in [0.15, 0.2) is 36.7 Å². The van der Waals surface area contributed by atoms with E-state index in [2.05, 4.69) is 15.7 Å². The fourth-order valence-corrected chi connectivity index (χ4v) is 1.81. The number of benzene rings is 1. The largest absolute Gasteiger partial charge is 0.378 e. The van der Waals surface area contributed by atoms with E-state index in [4.69, 9.17) is 5.73 Å². The lowest BCUT2D eigenvalue weighted by Crippen LogP contribution is -2.18. The van der Waals surface area contributed by atoms with Gasteiger partial charge in [-0.25, -0.2) is 0 Å². The van der Waals surface area contributed by atoms with E-state index in [1.165, 1.54) is 11.6 Å². The lowest BCUT2D eigenvalue weighted by atomic mass is 10.2. The van der Waals surface area contributed by atoms with Crippen molar-refractivity contribution in [2.24, 2.45) is 5.73 Å². The highest BCUT2D eigenvalue weighted by molar-refractivity contribution is 5.88. The van der Waals surface area contributed by atoms with Crippen molar-refractivity contribution in [3.05, 3.63) is 42.2 Å². The Balaban J connectivity index is 1.89. The third kappa shape index (κ3) is 4.64. The van der Waals surface area contributed by atoms with Crippen LogP contribution in [-0.4, -0.2) is 21.6 Å². The van der Waals surface area contributed by atoms with Gasteiger partial charge in [0.25, 0.3) is 0 Å². The van der Waals surface area contributed by atoms with Crippen LogP contribution in [0.25, 0.3) is 0 Å². The first kappa shape index (κ1) is 14.6. The number of aromatic nitrogens is 2. The van der Waals surface area contributed by atoms with Crippen LogP contribution >= 0.6 is 0 Å². The van der Waals surface area contributed by atoms with Crippen molar-refractivity contribution in [1.82, 2.24) is 9.78 Å². The van der Waals surface area contributed by atoms with Crippen LogP contribution in [0.2, 0.25) is 0 Å². The van der Waals surface area contributed by atoms with Crippen LogP contribution in [-0.2, 0) is 22.7 Å². The minimum Gasteiger partial charge on any atom is -0.378 e. The number of rotatable bonds is 6. The molecule has 1 heterocycles. The molecule has 2 amide bonds. The highest BCUT2D eigenvalue weighted by Gasteiger charge is 2.01. The topological polar surface area (TPSA) is 102 Å². The van der Waals surface area contributed by atoms with Crippen molar-refractivity contribution < 1.29 is 9.59 Å². The molecule has 0 unspecified atom stereocenters. The number of anilines is 2. The van der Waals surface area contributed by atoms with Gasteiger partial charge in [-0.05, 0) is 17.7 Å². The van der Waals surface area contributed by atoms with E-state index in [1.807, 2.05) is 24.3 Å². The molecular weight excluding hydrogens is 270 g/mol. The Labute approximate surface area is 122 Å². The lowest BCUT2D eigenvalue weighted by Gasteiger charge is -2.06. The molecule has 7 heteroatoms. The quantitative estimate of drug-likeness (QED) is 0.735. The van der Waals surface area contributed by atoms with E-state index in [0.717, 1.165) is 16.9 Å². The molecule has 2 rings (SSSR count). The normalized spacial score (nSPS) is 10.1. The average Bonchev–Trinajstić information content (AvgIpc) is 2.84. The molecule has 0 aliphatic carbocycles. The van der Waals surface area contributed by atoms with Crippen molar-refractivity contribution in [3.63, 3.8) is 0 Å². The Bertz CT molecular complexity index is 633. The van der Waals surface area contributed by atoms with Gasteiger partial charge in [-0.2, -0.15) is 5.10 Å². The number of carbonyl (C=O) groups excluding carboxylic acids is 2. The summed E-state index contributed by atoms with van der Waals surface area (Å²) in [7, 11) is 0. The van der Waals surface area contributed by atoms with Crippen LogP contribution in [0.3, 0.4) is 0 Å². The van der Waals surface area contributed by atoms with Gasteiger partial charge in [0.1, 0.15) is 6.54 Å². The molecule has 0 spiro atoms. The van der Waals surface area contributed by atoms with Crippen molar-refractivity contribution in [2.45, 2.75) is 20.0 Å². The Kier molecular flexibility index (Phi) is 4.55. The second kappa shape index (κ2) is 6.56. The predicted octanol–water partition coefficient (Wildman–Crippen LogP) is 0.939. The van der Waals surface area contributed by atoms with Gasteiger partial charge in [-0.3, -0.25) is 14.3 Å². The molecular formula is C14H17N5O2. The summed E-state index contributed by atoms with van der Waals surface area (Å²) in [4.78, 5) is 21.7. The third-order valence-corrected chi connectivity index (χ3v) is 2.72. The summed E-state index contributed by atoms with van der Waals surface area (Å²) < 4.78 is 1.48. The number of nitrogens with one attached hydrogen (secondary N) is 2. The molecule has 0 saturated carbocycles. The maximum atomic E-state index is 10.9. The van der Waals surface area contributed by atoms with Crippen molar-refractivity contribution in [2.75, 3.05) is 10.6 Å². The number of carbonyl (C=O) groups is 2. The van der Waals surface area contributed by atoms with E-state index >= 15 is 0 Å². The zero-order valence-corrected chi connectivity index (χ0v) is 11.7. The number of primary amides is 1. The first-order valence-corrected chi connectivity index (χ1v) is 6.44. The monoisotopic (exact) mass is 287 g/mol. The van der Waals surface area contributed by atoms with Crippen molar-refractivity contribution >= 4 is 23.2 Å². The number of hydrogen-bond donors (Lipinski definition) is 3. The summed E-state index contributed by atoms with van der Waals surface area (Å²) in [5, 5.41) is 9.92. The van der Waals surface area contributed by atoms with E-state index < -0.39 is 5.91 Å². The molecule has 0 fully saturated rings. The summed E-state index contributed by atoms with van der Waals surface area (Å²) in [6.45, 7) is 2.15. The van der Waals surface area contributed by atoms with Gasteiger partial charge >= 0.3 is 0 Å². The maximum Gasteiger partial charge on any atom is 0.239 e. The summed E-state index contributed by atoms with van der Waals surface area (Å²) in [6, 6.07) is 7.53. The second-order valence-electron chi connectivity index (χ2n) is 4.62. The molecule has 1 aromatic carbocycles. The van der Waals surface area contributed by atoms with Gasteiger partial charge in [-0.15, -0.1) is 0 Å². The molecule has 0 saturated heterocycles. The van der Waals surface area contributed by atoms with Crippen molar-refractivity contribution in [3.8, 4) is 0 Å². The highest BCUT2D eigenvalue weighted by atomic mass is 16.1. The van der Waals surface area contributed by atoms with Crippen LogP contribution in [0.5, 0.6) is 0 Å². The minimum absolute atomic E-state index is 0.0626. The first-order chi connectivity index (χ1) is 10.0. The summed E-state index contributed by atoms with van der Waals surface area (Å²) >= 11 is 0. The third-order valence-electron chi connectivity index (χ3n) is 2.72. The SMILES string of the molecule is CC(=O)Nc1ccc(CNc2cnn(CC(N)=O)c2)cc1. The van der Waals surface area contributed by atoms with Gasteiger partial charge < -0.3 is 16.4 Å². The van der Waals surface area contributed by atoms with Crippen LogP contribution < -0.4 is 16.4 Å². The smallest absolute Gasteiger partial charge is 0.239 e. The van der Waals surface area contributed by atoms with Crippen LogP contribution in [0, 0.1) is 0 Å². The van der Waals surface area contributed by atoms with Crippen LogP contribution in [0.1, 0.15) is 12.5 Å². The maximum absolute atomic E-state index is 10.9. The van der Waals surface area contributed by atoms with Gasteiger partial charge in [0.2, 0.25) is 11.8 Å². The molecule has 4 N–H and O–H groups in total. The molecule has 0 atom stereocenters. The number of nitrogens with two attached hydrogens (primary N) is 1. The van der Waals surface area contributed by atoms with E-state index in [0.29, 0.717) is 6.54 Å². The summed E-state index contributed by atoms with van der Waals surface area (Å²) in [5.74, 6) is -0.527. The molecule has 7 nitrogen and oxygen atoms in total. The van der Waals surface area contributed by atoms with E-state index in [-0.39, 0.29) is 12.5 Å². The number of hydrogen-bond acceptors (Lipinski definition) is 4. The van der Waals surface area contributed by atoms with Gasteiger partial charge in [0.15, 0.2) is 0 Å². The van der Waals surface area contributed by atoms with Crippen molar-refractivity contribution in [1.29, 1.82) is 0 Å². The first-order valence-electron chi connectivity index (χ1n) is 6.44. The average molecular weight is 287 g/mol. The molecule has 2 aromatic rings. The molecule has 0 bridgehead atoms. The molecule has 0 aliphatic heterocycles. The van der Waals surface area contributed by atoms with E-state index in [1.54, 1.807) is 12.4 Å². The van der Waals surface area contributed by atoms with Crippen LogP contribution in [0.4, 0.5) is 11.4 Å². The fraction of sp³-hybridized carbons (Fsp3) is 0.214. The van der Waals surface area contributed by atoms with E-state index in [9.17, 15) is 9.59 Å². The molecule has 1 aromatic heterocycles. The van der Waals surface area contributed by atoms with Gasteiger partial charge in [-0.1, -0.05) is 12.1 Å². The fourth-order valence-electron chi connectivity index (χ4n) is 1.81. The lowest BCUT2D eigenvalue weighted by molar-refractivity contribution is -0.118. The zero-order valence-electron chi connectivity index (χ0n) is 11.7. The molecule has 0 aliphatic rings. The number of amides is 2. The Hall–Kier alpha value is -2.83. The molecule has 110 valence electrons. The number of nitrogens with zero attached hydrogens (tertiary/aromatic N) is 2. The minimum atomic E-state index is -0.432. The summed E-state index contributed by atoms with van der Waals surface area (Å²) in [5.41, 5.74) is 7.73. The molecule has 0 radical (unpaired) electrons. The second-order valence-corrected chi connectivity index (χ2v) is 4.62. The Morgan fingerprint density at radius 2 is 1.95 bits per heavy atom. The summed E-state index contributed by atoms with van der Waals surface area (Å²) in [6.07, 6.45) is 3.35. The molecule has 21 heavy (non-hydrogen) atoms. The van der Waals surface area contributed by atoms with Gasteiger partial charge in [0.05, 0.1) is 11.9 Å². The predicted molar refractivity (Wildman–Crippen MR) is 79.5 cm³/mol. The van der Waals surface area contributed by atoms with Gasteiger partial charge in [0, 0.05) is 25.4 Å². The Morgan fingerprint density at radius 3 is 2.57 bits per heavy atom. The standard InChI is InChI=1S/C14H17N5O2/c1-10(20)18-12-4-2-11(3-5-12)6-16-13-7-17-19(8-13)9-14(15)21/h2-5,7-8,16H,6,9H2,1H3,(H2,15,21)(H,18,20). The zero-order chi connectivity index (χ0) is 15.2.